The largest absolute Gasteiger partial charge is 0.464 e. The highest BCUT2D eigenvalue weighted by atomic mass is 19.3. The molecule has 1 N–H and O–H groups in total. The van der Waals surface area contributed by atoms with Gasteiger partial charge in [0.1, 0.15) is 5.70 Å². The van der Waals surface area contributed by atoms with Gasteiger partial charge in [0.05, 0.1) is 13.1 Å². The summed E-state index contributed by atoms with van der Waals surface area (Å²) in [6.45, 7) is 5.96. The molecule has 1 fully saturated rings. The SMILES string of the molecule is CC1(C)CCCC(F)(F)C2=C(CC1)[N-][NH+]1CCCCCN21. The van der Waals surface area contributed by atoms with Crippen LogP contribution in [-0.2, 0) is 0 Å². The Balaban J connectivity index is 1.91. The number of rotatable bonds is 0. The summed E-state index contributed by atoms with van der Waals surface area (Å²) in [5.41, 5.74) is 5.70. The quantitative estimate of drug-likeness (QED) is 0.727. The van der Waals surface area contributed by atoms with Gasteiger partial charge in [-0.3, -0.25) is 5.12 Å². The summed E-state index contributed by atoms with van der Waals surface area (Å²) >= 11 is 0. The predicted octanol–water partition coefficient (Wildman–Crippen LogP) is 3.41. The summed E-state index contributed by atoms with van der Waals surface area (Å²) < 4.78 is 29.5. The van der Waals surface area contributed by atoms with Gasteiger partial charge in [-0.2, -0.15) is 8.78 Å². The Bertz CT molecular complexity index is 431. The number of allylic oxidation sites excluding steroid dienone is 2. The third-order valence-corrected chi connectivity index (χ3v) is 5.13. The lowest BCUT2D eigenvalue weighted by atomic mass is 9.83. The van der Waals surface area contributed by atoms with Crippen LogP contribution >= 0.6 is 0 Å². The monoisotopic (exact) mass is 299 g/mol. The molecular formula is C16H27F2N3. The molecule has 1 aliphatic carbocycles. The zero-order valence-corrected chi connectivity index (χ0v) is 13.2. The maximum atomic E-state index is 14.8. The third-order valence-electron chi connectivity index (χ3n) is 5.13. The van der Waals surface area contributed by atoms with E-state index in [0.29, 0.717) is 18.5 Å². The second-order valence-electron chi connectivity index (χ2n) is 7.51. The van der Waals surface area contributed by atoms with Gasteiger partial charge in [0.15, 0.2) is 0 Å². The highest BCUT2D eigenvalue weighted by Gasteiger charge is 2.44. The number of alkyl halides is 2. The molecule has 1 saturated heterocycles. The average Bonchev–Trinajstić information content (AvgIpc) is 2.61. The first kappa shape index (κ1) is 15.1. The van der Waals surface area contributed by atoms with Crippen LogP contribution < -0.4 is 5.12 Å². The molecule has 0 saturated carbocycles. The Labute approximate surface area is 126 Å². The van der Waals surface area contributed by atoms with Crippen molar-refractivity contribution in [1.29, 1.82) is 0 Å². The van der Waals surface area contributed by atoms with Crippen LogP contribution in [0.25, 0.3) is 5.43 Å². The van der Waals surface area contributed by atoms with E-state index in [2.05, 4.69) is 19.3 Å². The van der Waals surface area contributed by atoms with Crippen LogP contribution in [0.15, 0.2) is 11.4 Å². The van der Waals surface area contributed by atoms with Crippen molar-refractivity contribution in [1.82, 2.24) is 5.01 Å². The molecule has 1 unspecified atom stereocenters. The molecule has 2 aliphatic heterocycles. The molecule has 0 aromatic carbocycles. The van der Waals surface area contributed by atoms with Gasteiger partial charge < -0.3 is 5.43 Å². The fourth-order valence-electron chi connectivity index (χ4n) is 3.79. The summed E-state index contributed by atoms with van der Waals surface area (Å²) in [5, 5.41) is 2.76. The van der Waals surface area contributed by atoms with E-state index >= 15 is 0 Å². The van der Waals surface area contributed by atoms with Gasteiger partial charge in [-0.05, 0) is 50.4 Å². The van der Waals surface area contributed by atoms with Crippen molar-refractivity contribution in [2.45, 2.75) is 71.1 Å². The number of nitrogens with one attached hydrogen (secondary N) is 1. The van der Waals surface area contributed by atoms with E-state index in [4.69, 9.17) is 0 Å². The molecule has 0 aromatic rings. The zero-order valence-electron chi connectivity index (χ0n) is 13.2. The van der Waals surface area contributed by atoms with E-state index < -0.39 is 5.92 Å². The first-order valence-electron chi connectivity index (χ1n) is 8.36. The minimum atomic E-state index is -2.72. The minimum absolute atomic E-state index is 0.0332. The molecule has 2 heterocycles. The van der Waals surface area contributed by atoms with E-state index in [1.165, 1.54) is 0 Å². The normalized spacial score (nSPS) is 32.2. The lowest BCUT2D eigenvalue weighted by Crippen LogP contribution is -3.12. The van der Waals surface area contributed by atoms with Crippen molar-refractivity contribution < 1.29 is 13.9 Å². The lowest BCUT2D eigenvalue weighted by Gasteiger charge is -2.35. The van der Waals surface area contributed by atoms with Gasteiger partial charge in [0.2, 0.25) is 0 Å². The number of halogens is 2. The van der Waals surface area contributed by atoms with Gasteiger partial charge in [0.25, 0.3) is 5.92 Å². The molecule has 120 valence electrons. The summed E-state index contributed by atoms with van der Waals surface area (Å²) in [6.07, 6.45) is 6.28. The number of hydrogen-bond donors (Lipinski definition) is 1. The lowest BCUT2D eigenvalue weighted by molar-refractivity contribution is -0.969. The minimum Gasteiger partial charge on any atom is -0.464 e. The Morgan fingerprint density at radius 2 is 1.86 bits per heavy atom. The standard InChI is InChI=1S/C16H27F2N3/c1-15(2)8-6-9-16(17,18)14-13(7-10-15)19-21-12-5-3-4-11-20(14)21/h21H,3-12H2,1-2H3. The fourth-order valence-corrected chi connectivity index (χ4v) is 3.79. The molecule has 0 radical (unpaired) electrons. The molecule has 5 heteroatoms. The van der Waals surface area contributed by atoms with Crippen LogP contribution in [0.5, 0.6) is 0 Å². The van der Waals surface area contributed by atoms with E-state index in [1.807, 2.05) is 5.01 Å². The molecule has 3 aliphatic rings. The highest BCUT2D eigenvalue weighted by molar-refractivity contribution is 5.28. The zero-order chi connectivity index (χ0) is 15.1. The maximum Gasteiger partial charge on any atom is 0.291 e. The van der Waals surface area contributed by atoms with Crippen LogP contribution in [0.1, 0.15) is 65.2 Å². The van der Waals surface area contributed by atoms with Crippen molar-refractivity contribution in [3.8, 4) is 0 Å². The maximum absolute atomic E-state index is 14.8. The molecule has 3 rings (SSSR count). The average molecular weight is 299 g/mol. The highest BCUT2D eigenvalue weighted by Crippen LogP contribution is 2.43. The molecule has 0 amide bonds. The third kappa shape index (κ3) is 3.03. The molecular weight excluding hydrogens is 272 g/mol. The van der Waals surface area contributed by atoms with Crippen LogP contribution in [0.4, 0.5) is 8.78 Å². The molecule has 0 spiro atoms. The molecule has 1 atom stereocenters. The fraction of sp³-hybridized carbons (Fsp3) is 0.875. The molecule has 21 heavy (non-hydrogen) atoms. The Hall–Kier alpha value is -0.840. The van der Waals surface area contributed by atoms with Gasteiger partial charge in [0, 0.05) is 6.42 Å². The van der Waals surface area contributed by atoms with Crippen molar-refractivity contribution in [3.05, 3.63) is 16.8 Å². The van der Waals surface area contributed by atoms with Gasteiger partial charge >= 0.3 is 0 Å². The van der Waals surface area contributed by atoms with E-state index in [0.717, 1.165) is 50.3 Å². The van der Waals surface area contributed by atoms with Crippen LogP contribution in [0.2, 0.25) is 0 Å². The number of fused-ring (bicyclic) bond motifs is 2. The van der Waals surface area contributed by atoms with Crippen molar-refractivity contribution in [2.75, 3.05) is 13.1 Å². The first-order valence-corrected chi connectivity index (χ1v) is 8.36. The van der Waals surface area contributed by atoms with Gasteiger partial charge in [-0.15, -0.1) is 0 Å². The predicted molar refractivity (Wildman–Crippen MR) is 78.6 cm³/mol. The van der Waals surface area contributed by atoms with Gasteiger partial charge in [-0.1, -0.05) is 19.5 Å². The first-order chi connectivity index (χ1) is 9.89. The van der Waals surface area contributed by atoms with Gasteiger partial charge in [-0.25, -0.2) is 5.01 Å². The van der Waals surface area contributed by atoms with Crippen LogP contribution in [0.3, 0.4) is 0 Å². The smallest absolute Gasteiger partial charge is 0.291 e. The number of hydrogen-bond acceptors (Lipinski definition) is 1. The Morgan fingerprint density at radius 3 is 2.67 bits per heavy atom. The summed E-state index contributed by atoms with van der Waals surface area (Å²) in [7, 11) is 0. The Morgan fingerprint density at radius 1 is 1.05 bits per heavy atom. The topological polar surface area (TPSA) is 21.8 Å². The van der Waals surface area contributed by atoms with E-state index in [-0.39, 0.29) is 17.5 Å². The summed E-state index contributed by atoms with van der Waals surface area (Å²) in [5.74, 6) is -2.72. The molecule has 0 aromatic heterocycles. The number of nitrogens with zero attached hydrogens (tertiary/aromatic N) is 2. The molecule has 3 nitrogen and oxygen atoms in total. The summed E-state index contributed by atoms with van der Waals surface area (Å²) in [4.78, 5) is 0. The van der Waals surface area contributed by atoms with Crippen molar-refractivity contribution in [3.63, 3.8) is 0 Å². The summed E-state index contributed by atoms with van der Waals surface area (Å²) in [6, 6.07) is 0. The second kappa shape index (κ2) is 5.41. The van der Waals surface area contributed by atoms with E-state index in [9.17, 15) is 8.78 Å². The van der Waals surface area contributed by atoms with E-state index in [1.54, 1.807) is 0 Å². The number of quaternary nitrogens is 1. The van der Waals surface area contributed by atoms with Crippen molar-refractivity contribution >= 4 is 0 Å². The van der Waals surface area contributed by atoms with Crippen LogP contribution in [0, 0.1) is 5.41 Å². The van der Waals surface area contributed by atoms with Crippen molar-refractivity contribution in [2.24, 2.45) is 5.41 Å². The second-order valence-corrected chi connectivity index (χ2v) is 7.51. The molecule has 0 bridgehead atoms. The Kier molecular flexibility index (Phi) is 3.89. The van der Waals surface area contributed by atoms with Crippen LogP contribution in [-0.4, -0.2) is 24.0 Å².